The molecule has 4 rings (SSSR count). The fraction of sp³-hybridized carbons (Fsp3) is 0.235. The maximum Gasteiger partial charge on any atom is 0.407 e. The Balaban J connectivity index is 1.43. The van der Waals surface area contributed by atoms with E-state index in [2.05, 4.69) is 10.6 Å². The van der Waals surface area contributed by atoms with E-state index in [-0.39, 0.29) is 19.6 Å². The average molecular weight is 553 g/mol. The zero-order chi connectivity index (χ0) is 28.7. The normalized spacial score (nSPS) is 12.9. The number of aliphatic hydroxyl groups is 1. The van der Waals surface area contributed by atoms with E-state index in [0.29, 0.717) is 12.8 Å². The number of amides is 2. The highest BCUT2D eigenvalue weighted by atomic mass is 16.6. The van der Waals surface area contributed by atoms with E-state index in [1.54, 1.807) is 0 Å². The highest BCUT2D eigenvalue weighted by Crippen LogP contribution is 2.15. The number of carbonyl (C=O) groups is 2. The van der Waals surface area contributed by atoms with Gasteiger partial charge < -0.3 is 25.2 Å². The third-order valence-corrected chi connectivity index (χ3v) is 6.66. The van der Waals surface area contributed by atoms with Crippen LogP contribution in [0.1, 0.15) is 28.7 Å². The molecule has 4 aromatic carbocycles. The quantitative estimate of drug-likeness (QED) is 0.194. The Morgan fingerprint density at radius 3 is 1.41 bits per heavy atom. The molecule has 4 aromatic rings. The predicted octanol–water partition coefficient (Wildman–Crippen LogP) is 5.81. The molecular formula is C34H36N2O5. The van der Waals surface area contributed by atoms with Gasteiger partial charge in [-0.2, -0.15) is 0 Å². The van der Waals surface area contributed by atoms with Crippen LogP contribution < -0.4 is 10.6 Å². The van der Waals surface area contributed by atoms with Crippen LogP contribution in [0.5, 0.6) is 0 Å². The summed E-state index contributed by atoms with van der Waals surface area (Å²) in [6, 6.07) is 37.1. The van der Waals surface area contributed by atoms with Gasteiger partial charge >= 0.3 is 12.2 Å². The van der Waals surface area contributed by atoms with Crippen molar-refractivity contribution in [2.24, 2.45) is 0 Å². The Morgan fingerprint density at radius 2 is 0.951 bits per heavy atom. The molecule has 7 nitrogen and oxygen atoms in total. The molecule has 212 valence electrons. The van der Waals surface area contributed by atoms with Gasteiger partial charge in [0.05, 0.1) is 12.1 Å². The third-order valence-electron chi connectivity index (χ3n) is 6.66. The SMILES string of the molecule is O=C(NC(Cc1ccccc1)CC(O)C(Cc1ccccc1)NC(=O)OCc1ccccc1)OCc1ccccc1. The summed E-state index contributed by atoms with van der Waals surface area (Å²) in [4.78, 5) is 25.5. The van der Waals surface area contributed by atoms with E-state index in [0.717, 1.165) is 22.3 Å². The number of hydrogen-bond donors (Lipinski definition) is 3. The molecule has 0 saturated heterocycles. The van der Waals surface area contributed by atoms with Crippen LogP contribution in [0.4, 0.5) is 9.59 Å². The first-order chi connectivity index (χ1) is 20.0. The standard InChI is InChI=1S/C34H36N2O5/c37-32(31(22-27-15-7-2-8-16-27)36-34(39)41-25-29-19-11-4-12-20-29)23-30(21-26-13-5-1-6-14-26)35-33(38)40-24-28-17-9-3-10-18-28/h1-20,30-32,37H,21-25H2,(H,35,38)(H,36,39). The largest absolute Gasteiger partial charge is 0.445 e. The van der Waals surface area contributed by atoms with Crippen LogP contribution in [0, 0.1) is 0 Å². The number of ether oxygens (including phenoxy) is 2. The maximum absolute atomic E-state index is 12.8. The van der Waals surface area contributed by atoms with Crippen LogP contribution in [0.2, 0.25) is 0 Å². The van der Waals surface area contributed by atoms with Gasteiger partial charge in [0.2, 0.25) is 0 Å². The second kappa shape index (κ2) is 15.8. The lowest BCUT2D eigenvalue weighted by Crippen LogP contribution is -2.48. The summed E-state index contributed by atoms with van der Waals surface area (Å²) in [7, 11) is 0. The van der Waals surface area contributed by atoms with Gasteiger partial charge in [-0.1, -0.05) is 121 Å². The van der Waals surface area contributed by atoms with E-state index in [1.165, 1.54) is 0 Å². The molecule has 0 fully saturated rings. The second-order valence-electron chi connectivity index (χ2n) is 9.90. The van der Waals surface area contributed by atoms with Gasteiger partial charge in [0, 0.05) is 6.04 Å². The molecule has 0 aliphatic rings. The van der Waals surface area contributed by atoms with Crippen molar-refractivity contribution < 1.29 is 24.2 Å². The maximum atomic E-state index is 12.8. The first-order valence-corrected chi connectivity index (χ1v) is 13.8. The summed E-state index contributed by atoms with van der Waals surface area (Å²) in [6.45, 7) is 0.255. The third kappa shape index (κ3) is 10.5. The first kappa shape index (κ1) is 29.4. The number of rotatable bonds is 13. The molecule has 0 aliphatic heterocycles. The highest BCUT2D eigenvalue weighted by molar-refractivity contribution is 5.68. The van der Waals surface area contributed by atoms with Crippen LogP contribution in [-0.4, -0.2) is 35.5 Å². The molecular weight excluding hydrogens is 516 g/mol. The molecule has 3 unspecified atom stereocenters. The van der Waals surface area contributed by atoms with Crippen molar-refractivity contribution in [2.75, 3.05) is 0 Å². The molecule has 7 heteroatoms. The monoisotopic (exact) mass is 552 g/mol. The lowest BCUT2D eigenvalue weighted by Gasteiger charge is -2.28. The number of carbonyl (C=O) groups excluding carboxylic acids is 2. The summed E-state index contributed by atoms with van der Waals surface area (Å²) < 4.78 is 10.9. The van der Waals surface area contributed by atoms with Crippen molar-refractivity contribution in [3.05, 3.63) is 144 Å². The number of alkyl carbamates (subject to hydrolysis) is 2. The molecule has 3 atom stereocenters. The Bertz CT molecular complexity index is 1320. The van der Waals surface area contributed by atoms with Crippen molar-refractivity contribution in [1.29, 1.82) is 0 Å². The molecule has 0 aliphatic carbocycles. The van der Waals surface area contributed by atoms with Crippen molar-refractivity contribution in [3.63, 3.8) is 0 Å². The summed E-state index contributed by atoms with van der Waals surface area (Å²) in [5, 5.41) is 17.2. The summed E-state index contributed by atoms with van der Waals surface area (Å²) in [5.41, 5.74) is 3.70. The lowest BCUT2D eigenvalue weighted by atomic mass is 9.94. The van der Waals surface area contributed by atoms with E-state index in [1.807, 2.05) is 121 Å². The highest BCUT2D eigenvalue weighted by Gasteiger charge is 2.27. The fourth-order valence-electron chi connectivity index (χ4n) is 4.55. The van der Waals surface area contributed by atoms with Crippen LogP contribution in [0.25, 0.3) is 0 Å². The van der Waals surface area contributed by atoms with Crippen molar-refractivity contribution in [3.8, 4) is 0 Å². The molecule has 41 heavy (non-hydrogen) atoms. The minimum Gasteiger partial charge on any atom is -0.445 e. The van der Waals surface area contributed by atoms with E-state index >= 15 is 0 Å². The molecule has 0 radical (unpaired) electrons. The van der Waals surface area contributed by atoms with Crippen LogP contribution in [-0.2, 0) is 35.5 Å². The number of aliphatic hydroxyl groups excluding tert-OH is 1. The first-order valence-electron chi connectivity index (χ1n) is 13.8. The number of hydrogen-bond acceptors (Lipinski definition) is 5. The van der Waals surface area contributed by atoms with Gasteiger partial charge in [-0.25, -0.2) is 9.59 Å². The lowest BCUT2D eigenvalue weighted by molar-refractivity contribution is 0.0861. The van der Waals surface area contributed by atoms with Gasteiger partial charge in [0.1, 0.15) is 13.2 Å². The summed E-state index contributed by atoms with van der Waals surface area (Å²) >= 11 is 0. The predicted molar refractivity (Wildman–Crippen MR) is 158 cm³/mol. The molecule has 0 bridgehead atoms. The van der Waals surface area contributed by atoms with Crippen molar-refractivity contribution in [2.45, 2.75) is 50.7 Å². The molecule has 0 saturated carbocycles. The molecule has 3 N–H and O–H groups in total. The second-order valence-corrected chi connectivity index (χ2v) is 9.90. The summed E-state index contributed by atoms with van der Waals surface area (Å²) in [6.07, 6.45) is -1.12. The van der Waals surface area contributed by atoms with Gasteiger partial charge in [0.15, 0.2) is 0 Å². The summed E-state index contributed by atoms with van der Waals surface area (Å²) in [5.74, 6) is 0. The average Bonchev–Trinajstić information content (AvgIpc) is 3.01. The topological polar surface area (TPSA) is 96.9 Å². The molecule has 2 amide bonds. The van der Waals surface area contributed by atoms with Crippen molar-refractivity contribution in [1.82, 2.24) is 10.6 Å². The minimum atomic E-state index is -0.984. The van der Waals surface area contributed by atoms with Crippen molar-refractivity contribution >= 4 is 12.2 Å². The van der Waals surface area contributed by atoms with Crippen LogP contribution >= 0.6 is 0 Å². The number of nitrogens with one attached hydrogen (secondary N) is 2. The zero-order valence-corrected chi connectivity index (χ0v) is 22.9. The minimum absolute atomic E-state index is 0.117. The van der Waals surface area contributed by atoms with Gasteiger partial charge in [0.25, 0.3) is 0 Å². The zero-order valence-electron chi connectivity index (χ0n) is 22.9. The van der Waals surface area contributed by atoms with E-state index < -0.39 is 30.4 Å². The van der Waals surface area contributed by atoms with Gasteiger partial charge in [-0.15, -0.1) is 0 Å². The van der Waals surface area contributed by atoms with Gasteiger partial charge in [-0.05, 0) is 41.5 Å². The Morgan fingerprint density at radius 1 is 0.561 bits per heavy atom. The smallest absolute Gasteiger partial charge is 0.407 e. The van der Waals surface area contributed by atoms with Crippen LogP contribution in [0.15, 0.2) is 121 Å². The molecule has 0 aromatic heterocycles. The number of benzene rings is 4. The van der Waals surface area contributed by atoms with E-state index in [9.17, 15) is 14.7 Å². The Hall–Kier alpha value is -4.62. The molecule has 0 heterocycles. The van der Waals surface area contributed by atoms with E-state index in [4.69, 9.17) is 9.47 Å². The Kier molecular flexibility index (Phi) is 11.3. The Labute approximate surface area is 241 Å². The van der Waals surface area contributed by atoms with Crippen LogP contribution in [0.3, 0.4) is 0 Å². The fourth-order valence-corrected chi connectivity index (χ4v) is 4.55. The molecule has 0 spiro atoms. The van der Waals surface area contributed by atoms with Gasteiger partial charge in [-0.3, -0.25) is 0 Å².